The summed E-state index contributed by atoms with van der Waals surface area (Å²) in [4.78, 5) is 20.3. The fourth-order valence-corrected chi connectivity index (χ4v) is 6.63. The quantitative estimate of drug-likeness (QED) is 0.426. The van der Waals surface area contributed by atoms with Crippen molar-refractivity contribution in [2.75, 3.05) is 38.7 Å². The van der Waals surface area contributed by atoms with Crippen LogP contribution in [0.15, 0.2) is 24.7 Å². The molecule has 1 saturated heterocycles. The van der Waals surface area contributed by atoms with Gasteiger partial charge in [-0.1, -0.05) is 0 Å². The van der Waals surface area contributed by atoms with Crippen LogP contribution in [0.5, 0.6) is 0 Å². The van der Waals surface area contributed by atoms with Gasteiger partial charge in [-0.05, 0) is 71.8 Å². The van der Waals surface area contributed by atoms with E-state index in [-0.39, 0.29) is 29.6 Å². The van der Waals surface area contributed by atoms with E-state index < -0.39 is 5.54 Å². The molecule has 2 N–H and O–H groups in total. The van der Waals surface area contributed by atoms with E-state index in [4.69, 9.17) is 19.7 Å². The van der Waals surface area contributed by atoms with Gasteiger partial charge in [0.1, 0.15) is 5.54 Å². The lowest BCUT2D eigenvalue weighted by Crippen LogP contribution is -2.60. The van der Waals surface area contributed by atoms with Gasteiger partial charge in [0.15, 0.2) is 0 Å². The summed E-state index contributed by atoms with van der Waals surface area (Å²) in [5, 5.41) is 23.0. The molecule has 1 aliphatic heterocycles. The van der Waals surface area contributed by atoms with Crippen molar-refractivity contribution in [3.05, 3.63) is 30.4 Å². The summed E-state index contributed by atoms with van der Waals surface area (Å²) in [7, 11) is 1.68. The van der Waals surface area contributed by atoms with Crippen molar-refractivity contribution in [1.82, 2.24) is 29.3 Å². The summed E-state index contributed by atoms with van der Waals surface area (Å²) in [6.07, 6.45) is 12.0. The number of morpholine rings is 1. The van der Waals surface area contributed by atoms with Gasteiger partial charge in [0.05, 0.1) is 42.8 Å². The van der Waals surface area contributed by atoms with Crippen molar-refractivity contribution in [2.45, 2.75) is 94.9 Å². The predicted octanol–water partition coefficient (Wildman–Crippen LogP) is 3.57. The Morgan fingerprint density at radius 3 is 2.76 bits per heavy atom. The lowest BCUT2D eigenvalue weighted by atomic mass is 9.78. The number of hydrogen-bond donors (Lipinski definition) is 2. The molecular formula is C30H43N7O4. The van der Waals surface area contributed by atoms with Gasteiger partial charge in [-0.3, -0.25) is 9.48 Å². The number of rotatable bonds is 8. The molecule has 222 valence electrons. The first-order valence-electron chi connectivity index (χ1n) is 15.0. The molecular weight excluding hydrogens is 522 g/mol. The van der Waals surface area contributed by atoms with Gasteiger partial charge < -0.3 is 24.8 Å². The average Bonchev–Trinajstić information content (AvgIpc) is 3.58. The van der Waals surface area contributed by atoms with Crippen molar-refractivity contribution in [3.8, 4) is 11.1 Å². The highest BCUT2D eigenvalue weighted by Gasteiger charge is 2.46. The average molecular weight is 566 g/mol. The third kappa shape index (κ3) is 5.35. The van der Waals surface area contributed by atoms with Crippen molar-refractivity contribution >= 4 is 17.4 Å². The number of aliphatic hydroxyl groups excluding tert-OH is 1. The Morgan fingerprint density at radius 1 is 1.27 bits per heavy atom. The lowest BCUT2D eigenvalue weighted by molar-refractivity contribution is -0.173. The minimum Gasteiger partial charge on any atom is -0.393 e. The summed E-state index contributed by atoms with van der Waals surface area (Å²) in [6, 6.07) is 2.25. The Hall–Kier alpha value is -3.02. The van der Waals surface area contributed by atoms with Crippen molar-refractivity contribution in [1.29, 1.82) is 0 Å². The highest BCUT2D eigenvalue weighted by molar-refractivity contribution is 5.85. The molecule has 1 atom stereocenters. The maximum atomic E-state index is 13.8. The van der Waals surface area contributed by atoms with Crippen LogP contribution in [0.1, 0.15) is 77.3 Å². The molecule has 1 amide bonds. The topological polar surface area (TPSA) is 119 Å². The number of methoxy groups -OCH3 is 1. The van der Waals surface area contributed by atoms with E-state index >= 15 is 0 Å². The number of aliphatic hydroxyl groups is 1. The fourth-order valence-electron chi connectivity index (χ4n) is 6.63. The van der Waals surface area contributed by atoms with Gasteiger partial charge >= 0.3 is 0 Å². The first-order chi connectivity index (χ1) is 19.7. The monoisotopic (exact) mass is 565 g/mol. The molecule has 11 nitrogen and oxygen atoms in total. The number of carbonyl (C=O) groups is 1. The molecule has 11 heteroatoms. The smallest absolute Gasteiger partial charge is 0.250 e. The molecule has 6 rings (SSSR count). The number of aromatic nitrogens is 5. The van der Waals surface area contributed by atoms with Crippen LogP contribution in [-0.4, -0.2) is 91.5 Å². The summed E-state index contributed by atoms with van der Waals surface area (Å²) >= 11 is 0. The van der Waals surface area contributed by atoms with E-state index in [0.29, 0.717) is 32.3 Å². The second-order valence-electron chi connectivity index (χ2n) is 12.7. The predicted molar refractivity (Wildman–Crippen MR) is 155 cm³/mol. The molecule has 2 aliphatic carbocycles. The van der Waals surface area contributed by atoms with Gasteiger partial charge in [0.2, 0.25) is 11.9 Å². The second kappa shape index (κ2) is 11.0. The zero-order chi connectivity index (χ0) is 28.8. The third-order valence-electron chi connectivity index (χ3n) is 9.24. The summed E-state index contributed by atoms with van der Waals surface area (Å²) in [5.41, 5.74) is 2.90. The number of ether oxygens (including phenoxy) is 2. The largest absolute Gasteiger partial charge is 0.393 e. The number of carbonyl (C=O) groups excluding carboxylic acids is 1. The maximum Gasteiger partial charge on any atom is 0.250 e. The van der Waals surface area contributed by atoms with Crippen molar-refractivity contribution in [2.24, 2.45) is 0 Å². The molecule has 4 heterocycles. The van der Waals surface area contributed by atoms with Crippen LogP contribution < -0.4 is 5.32 Å². The summed E-state index contributed by atoms with van der Waals surface area (Å²) in [6.45, 7) is 8.31. The van der Waals surface area contributed by atoms with E-state index in [1.165, 1.54) is 0 Å². The Balaban J connectivity index is 1.31. The third-order valence-corrected chi connectivity index (χ3v) is 9.24. The van der Waals surface area contributed by atoms with Crippen LogP contribution in [-0.2, 0) is 19.8 Å². The van der Waals surface area contributed by atoms with E-state index in [1.807, 2.05) is 48.8 Å². The summed E-state index contributed by atoms with van der Waals surface area (Å²) in [5.74, 6) is 0.889. The number of nitrogens with one attached hydrogen (secondary N) is 1. The lowest BCUT2D eigenvalue weighted by Gasteiger charge is -2.49. The SMILES string of the molecule is COC[C@H](C)Nc1ncc2c(-c3cnn(C(C)(C)C(=O)N4CCOC5(CCC5)C4)c3)cc(C3CCC(O)CC3)n2n1. The van der Waals surface area contributed by atoms with Gasteiger partial charge in [-0.15, -0.1) is 5.10 Å². The van der Waals surface area contributed by atoms with Crippen LogP contribution in [0, 0.1) is 0 Å². The molecule has 0 bridgehead atoms. The molecule has 0 unspecified atom stereocenters. The van der Waals surface area contributed by atoms with Gasteiger partial charge in [-0.2, -0.15) is 5.10 Å². The highest BCUT2D eigenvalue weighted by Crippen LogP contribution is 2.40. The number of fused-ring (bicyclic) bond motifs is 1. The van der Waals surface area contributed by atoms with Crippen LogP contribution >= 0.6 is 0 Å². The minimum atomic E-state index is -0.844. The molecule has 3 aromatic rings. The van der Waals surface area contributed by atoms with Crippen LogP contribution in [0.4, 0.5) is 5.95 Å². The molecule has 0 aromatic carbocycles. The Kier molecular flexibility index (Phi) is 7.54. The fraction of sp³-hybridized carbons (Fsp3) is 0.667. The van der Waals surface area contributed by atoms with Crippen LogP contribution in [0.25, 0.3) is 16.6 Å². The van der Waals surface area contributed by atoms with E-state index in [9.17, 15) is 9.90 Å². The Morgan fingerprint density at radius 2 is 2.05 bits per heavy atom. The minimum absolute atomic E-state index is 0.0596. The first kappa shape index (κ1) is 28.1. The Labute approximate surface area is 241 Å². The van der Waals surface area contributed by atoms with Crippen LogP contribution in [0.2, 0.25) is 0 Å². The van der Waals surface area contributed by atoms with E-state index in [0.717, 1.165) is 67.3 Å². The van der Waals surface area contributed by atoms with Gasteiger partial charge in [0, 0.05) is 55.2 Å². The zero-order valence-electron chi connectivity index (χ0n) is 24.7. The van der Waals surface area contributed by atoms with Crippen molar-refractivity contribution < 1.29 is 19.4 Å². The normalized spacial score (nSPS) is 23.5. The standard InChI is InChI=1S/C30H43N7O4/c1-20(18-40-4)33-28-31-16-26-24(14-25(37(26)34-28)21-6-8-23(38)9-7-21)22-15-32-36(17-22)29(2,3)27(39)35-12-13-41-30(19-35)10-5-11-30/h14-17,20-21,23,38H,5-13,18-19H2,1-4H3,(H,33,34)/t20-,21?,23?/m0/s1. The molecule has 3 fully saturated rings. The number of amides is 1. The molecule has 0 radical (unpaired) electrons. The number of hydrogen-bond acceptors (Lipinski definition) is 8. The number of nitrogens with zero attached hydrogens (tertiary/aromatic N) is 6. The number of anilines is 1. The first-order valence-corrected chi connectivity index (χ1v) is 15.0. The van der Waals surface area contributed by atoms with Crippen molar-refractivity contribution in [3.63, 3.8) is 0 Å². The van der Waals surface area contributed by atoms with E-state index in [1.54, 1.807) is 11.8 Å². The molecule has 2 saturated carbocycles. The zero-order valence-corrected chi connectivity index (χ0v) is 24.7. The van der Waals surface area contributed by atoms with E-state index in [2.05, 4.69) is 16.4 Å². The highest BCUT2D eigenvalue weighted by atomic mass is 16.5. The molecule has 1 spiro atoms. The van der Waals surface area contributed by atoms with Crippen LogP contribution in [0.3, 0.4) is 0 Å². The second-order valence-corrected chi connectivity index (χ2v) is 12.7. The summed E-state index contributed by atoms with van der Waals surface area (Å²) < 4.78 is 15.1. The van der Waals surface area contributed by atoms with Gasteiger partial charge in [0.25, 0.3) is 0 Å². The molecule has 3 aromatic heterocycles. The molecule has 41 heavy (non-hydrogen) atoms. The van der Waals surface area contributed by atoms with Gasteiger partial charge in [-0.25, -0.2) is 9.50 Å². The molecule has 3 aliphatic rings. The maximum absolute atomic E-state index is 13.8. The Bertz CT molecular complexity index is 1390.